The van der Waals surface area contributed by atoms with Crippen LogP contribution in [-0.4, -0.2) is 33.7 Å². The summed E-state index contributed by atoms with van der Waals surface area (Å²) in [4.78, 5) is 24.2. The molecule has 2 aromatic heterocycles. The van der Waals surface area contributed by atoms with E-state index in [1.54, 1.807) is 12.3 Å². The van der Waals surface area contributed by atoms with Crippen molar-refractivity contribution in [2.75, 3.05) is 18.1 Å². The van der Waals surface area contributed by atoms with E-state index in [0.29, 0.717) is 45.5 Å². The van der Waals surface area contributed by atoms with Gasteiger partial charge < -0.3 is 9.30 Å². The second kappa shape index (κ2) is 7.84. The van der Waals surface area contributed by atoms with E-state index in [-0.39, 0.29) is 5.97 Å². The average Bonchev–Trinajstić information content (AvgIpc) is 3.46. The summed E-state index contributed by atoms with van der Waals surface area (Å²) in [6.45, 7) is 3.90. The average molecular weight is 480 g/mol. The number of hydrogen-bond acceptors (Lipinski definition) is 5. The fourth-order valence-electron chi connectivity index (χ4n) is 4.33. The number of aromatic nitrogens is 3. The zero-order chi connectivity index (χ0) is 21.8. The second-order valence-corrected chi connectivity index (χ2v) is 9.29. The van der Waals surface area contributed by atoms with Gasteiger partial charge in [0.1, 0.15) is 5.52 Å². The number of benzene rings is 1. The van der Waals surface area contributed by atoms with Gasteiger partial charge in [0, 0.05) is 19.3 Å². The van der Waals surface area contributed by atoms with Gasteiger partial charge in [-0.25, -0.2) is 9.97 Å². The molecular formula is C22H21Cl3N4O2. The molecule has 0 spiro atoms. The molecule has 0 unspecified atom stereocenters. The first-order valence-corrected chi connectivity index (χ1v) is 11.5. The van der Waals surface area contributed by atoms with E-state index in [9.17, 15) is 4.79 Å². The largest absolute Gasteiger partial charge is 0.465 e. The van der Waals surface area contributed by atoms with Crippen LogP contribution in [0, 0.1) is 0 Å². The highest BCUT2D eigenvalue weighted by molar-refractivity contribution is 6.36. The Kier molecular flexibility index (Phi) is 5.27. The van der Waals surface area contributed by atoms with E-state index in [2.05, 4.69) is 9.55 Å². The predicted molar refractivity (Wildman–Crippen MR) is 123 cm³/mol. The number of rotatable bonds is 5. The van der Waals surface area contributed by atoms with E-state index in [1.807, 2.05) is 24.0 Å². The molecule has 0 N–H and O–H groups in total. The lowest BCUT2D eigenvalue weighted by molar-refractivity contribution is -0.146. The number of imidazole rings is 1. The predicted octanol–water partition coefficient (Wildman–Crippen LogP) is 5.92. The van der Waals surface area contributed by atoms with E-state index in [1.165, 1.54) is 0 Å². The van der Waals surface area contributed by atoms with Crippen molar-refractivity contribution in [3.05, 3.63) is 45.0 Å². The summed E-state index contributed by atoms with van der Waals surface area (Å²) in [5.74, 6) is 1.15. The zero-order valence-corrected chi connectivity index (χ0v) is 19.3. The van der Waals surface area contributed by atoms with Crippen molar-refractivity contribution in [3.8, 4) is 0 Å². The van der Waals surface area contributed by atoms with Crippen molar-refractivity contribution < 1.29 is 9.53 Å². The molecule has 1 aromatic carbocycles. The number of carbonyl (C=O) groups excluding carboxylic acids is 1. The van der Waals surface area contributed by atoms with Gasteiger partial charge in [-0.15, -0.1) is 0 Å². The second-order valence-electron chi connectivity index (χ2n) is 8.04. The molecule has 1 fully saturated rings. The monoisotopic (exact) mass is 478 g/mol. The van der Waals surface area contributed by atoms with Crippen LogP contribution in [0.3, 0.4) is 0 Å². The Hall–Kier alpha value is -2.02. The van der Waals surface area contributed by atoms with Crippen LogP contribution >= 0.6 is 34.8 Å². The maximum atomic E-state index is 12.9. The molecule has 162 valence electrons. The van der Waals surface area contributed by atoms with Crippen molar-refractivity contribution in [3.63, 3.8) is 0 Å². The molecule has 0 saturated heterocycles. The molecule has 9 heteroatoms. The Morgan fingerprint density at radius 3 is 2.71 bits per heavy atom. The molecule has 6 nitrogen and oxygen atoms in total. The molecule has 2 aliphatic rings. The number of esters is 1. The smallest absolute Gasteiger partial charge is 0.316 e. The summed E-state index contributed by atoms with van der Waals surface area (Å²) in [6, 6.07) is 5.45. The van der Waals surface area contributed by atoms with Gasteiger partial charge in [0.15, 0.2) is 5.82 Å². The summed E-state index contributed by atoms with van der Waals surface area (Å²) in [5, 5.41) is 1.49. The number of pyridine rings is 1. The van der Waals surface area contributed by atoms with Gasteiger partial charge in [-0.3, -0.25) is 9.69 Å². The Bertz CT molecular complexity index is 1190. The molecule has 3 heterocycles. The van der Waals surface area contributed by atoms with Crippen molar-refractivity contribution in [2.24, 2.45) is 0 Å². The fourth-order valence-corrected chi connectivity index (χ4v) is 5.01. The highest BCUT2D eigenvalue weighted by Crippen LogP contribution is 2.52. The summed E-state index contributed by atoms with van der Waals surface area (Å²) in [6.07, 6.45) is 4.77. The van der Waals surface area contributed by atoms with E-state index in [0.717, 1.165) is 43.3 Å². The maximum Gasteiger partial charge on any atom is 0.316 e. The highest BCUT2D eigenvalue weighted by Gasteiger charge is 2.54. The Labute approximate surface area is 195 Å². The van der Waals surface area contributed by atoms with Crippen molar-refractivity contribution in [2.45, 2.75) is 44.6 Å². The fraction of sp³-hybridized carbons (Fsp3) is 0.409. The first-order valence-electron chi connectivity index (χ1n) is 10.4. The standard InChI is InChI=1S/C22H21Cl3N4O2/c1-2-10-31-20(30)22(6-7-22)14-4-5-15(24)17-18(14)28-8-3-9-29(21(28)27-17)19-16(25)11-13(23)12-26-19/h4-5,11-12H,2-3,6-10H2,1H3. The number of carbonyl (C=O) groups is 1. The number of fused-ring (bicyclic) bond motifs is 3. The van der Waals surface area contributed by atoms with Crippen LogP contribution in [0.1, 0.15) is 38.2 Å². The molecular weight excluding hydrogens is 459 g/mol. The maximum absolute atomic E-state index is 12.9. The van der Waals surface area contributed by atoms with Crippen molar-refractivity contribution in [1.82, 2.24) is 14.5 Å². The first-order chi connectivity index (χ1) is 15.0. The lowest BCUT2D eigenvalue weighted by Crippen LogP contribution is -2.30. The third kappa shape index (κ3) is 3.36. The zero-order valence-electron chi connectivity index (χ0n) is 17.0. The minimum absolute atomic E-state index is 0.163. The minimum atomic E-state index is -0.618. The topological polar surface area (TPSA) is 60.2 Å². The molecule has 3 aromatic rings. The van der Waals surface area contributed by atoms with Crippen molar-refractivity contribution in [1.29, 1.82) is 0 Å². The number of halogens is 3. The summed E-state index contributed by atoms with van der Waals surface area (Å²) in [7, 11) is 0. The van der Waals surface area contributed by atoms with Gasteiger partial charge in [0.05, 0.1) is 32.6 Å². The number of hydrogen-bond donors (Lipinski definition) is 0. The molecule has 1 aliphatic carbocycles. The Morgan fingerprint density at radius 1 is 1.19 bits per heavy atom. The Morgan fingerprint density at radius 2 is 2.00 bits per heavy atom. The van der Waals surface area contributed by atoms with Gasteiger partial charge >= 0.3 is 5.97 Å². The lowest BCUT2D eigenvalue weighted by Gasteiger charge is -2.29. The van der Waals surface area contributed by atoms with Crippen LogP contribution in [0.4, 0.5) is 11.8 Å². The van der Waals surface area contributed by atoms with Gasteiger partial charge in [0.2, 0.25) is 5.95 Å². The molecule has 0 bridgehead atoms. The van der Waals surface area contributed by atoms with Crippen LogP contribution in [0.5, 0.6) is 0 Å². The van der Waals surface area contributed by atoms with Crippen molar-refractivity contribution >= 4 is 63.6 Å². The van der Waals surface area contributed by atoms with Crippen LogP contribution in [-0.2, 0) is 21.5 Å². The number of aryl methyl sites for hydroxylation is 1. The van der Waals surface area contributed by atoms with Crippen LogP contribution in [0.25, 0.3) is 11.0 Å². The summed E-state index contributed by atoms with van der Waals surface area (Å²) < 4.78 is 7.66. The molecule has 5 rings (SSSR count). The molecule has 31 heavy (non-hydrogen) atoms. The molecule has 0 radical (unpaired) electrons. The van der Waals surface area contributed by atoms with Gasteiger partial charge in [-0.05, 0) is 43.4 Å². The lowest BCUT2D eigenvalue weighted by atomic mass is 9.94. The quantitative estimate of drug-likeness (QED) is 0.425. The van der Waals surface area contributed by atoms with Gasteiger partial charge in [0.25, 0.3) is 0 Å². The normalized spacial score (nSPS) is 17.0. The number of nitrogens with zero attached hydrogens (tertiary/aromatic N) is 4. The third-order valence-electron chi connectivity index (χ3n) is 5.97. The third-order valence-corrected chi connectivity index (χ3v) is 6.76. The highest BCUT2D eigenvalue weighted by atomic mass is 35.5. The molecule has 1 saturated carbocycles. The summed E-state index contributed by atoms with van der Waals surface area (Å²) >= 11 is 19.0. The van der Waals surface area contributed by atoms with E-state index in [4.69, 9.17) is 44.5 Å². The minimum Gasteiger partial charge on any atom is -0.465 e. The van der Waals surface area contributed by atoms with E-state index >= 15 is 0 Å². The summed E-state index contributed by atoms with van der Waals surface area (Å²) in [5.41, 5.74) is 1.89. The van der Waals surface area contributed by atoms with Gasteiger partial charge in [-0.2, -0.15) is 0 Å². The van der Waals surface area contributed by atoms with E-state index < -0.39 is 5.41 Å². The van der Waals surface area contributed by atoms with Gasteiger partial charge in [-0.1, -0.05) is 47.8 Å². The SMILES string of the molecule is CCCOC(=O)C1(c2ccc(Cl)c3nc4n(c23)CCCN4c2ncc(Cl)cc2Cl)CC1. The first kappa shape index (κ1) is 20.9. The molecule has 0 atom stereocenters. The molecule has 0 amide bonds. The van der Waals surface area contributed by atoms with Crippen LogP contribution in [0.15, 0.2) is 24.4 Å². The number of anilines is 2. The van der Waals surface area contributed by atoms with Crippen LogP contribution in [0.2, 0.25) is 15.1 Å². The van der Waals surface area contributed by atoms with Crippen LogP contribution < -0.4 is 4.90 Å². The Balaban J connectivity index is 1.67. The number of ether oxygens (including phenoxy) is 1. The molecule has 1 aliphatic heterocycles.